The minimum atomic E-state index is -0.524. The molecule has 2 atom stereocenters. The van der Waals surface area contributed by atoms with Gasteiger partial charge in [-0.2, -0.15) is 0 Å². The fraction of sp³-hybridized carbons (Fsp3) is 0.765. The van der Waals surface area contributed by atoms with Gasteiger partial charge in [-0.05, 0) is 44.6 Å². The highest BCUT2D eigenvalue weighted by Crippen LogP contribution is 2.47. The molecule has 0 aromatic carbocycles. The Morgan fingerprint density at radius 1 is 1.24 bits per heavy atom. The predicted molar refractivity (Wildman–Crippen MR) is 82.4 cm³/mol. The molecular formula is C17H25N3O. The Labute approximate surface area is 126 Å². The summed E-state index contributed by atoms with van der Waals surface area (Å²) in [7, 11) is 0. The average molecular weight is 287 g/mol. The molecule has 1 saturated heterocycles. The van der Waals surface area contributed by atoms with E-state index in [1.54, 1.807) is 0 Å². The van der Waals surface area contributed by atoms with Gasteiger partial charge in [0.05, 0.1) is 12.1 Å². The Balaban J connectivity index is 1.60. The zero-order valence-corrected chi connectivity index (χ0v) is 13.0. The molecule has 1 aromatic heterocycles. The van der Waals surface area contributed by atoms with Crippen molar-refractivity contribution >= 4 is 5.95 Å². The summed E-state index contributed by atoms with van der Waals surface area (Å²) in [5, 5.41) is 10.9. The maximum absolute atomic E-state index is 10.9. The van der Waals surface area contributed by atoms with Crippen LogP contribution in [0.1, 0.15) is 56.3 Å². The highest BCUT2D eigenvalue weighted by atomic mass is 16.3. The maximum Gasteiger partial charge on any atom is 0.225 e. The summed E-state index contributed by atoms with van der Waals surface area (Å²) in [6, 6.07) is 2.14. The number of aryl methyl sites for hydroxylation is 1. The number of aliphatic hydroxyl groups is 1. The lowest BCUT2D eigenvalue weighted by Gasteiger charge is -2.27. The van der Waals surface area contributed by atoms with Crippen LogP contribution < -0.4 is 4.90 Å². The van der Waals surface area contributed by atoms with Crippen LogP contribution in [0.25, 0.3) is 0 Å². The van der Waals surface area contributed by atoms with Crippen molar-refractivity contribution in [2.75, 3.05) is 18.0 Å². The largest absolute Gasteiger partial charge is 0.387 e. The smallest absolute Gasteiger partial charge is 0.225 e. The number of aromatic nitrogens is 2. The van der Waals surface area contributed by atoms with E-state index in [4.69, 9.17) is 4.98 Å². The zero-order chi connectivity index (χ0) is 14.6. The average Bonchev–Trinajstić information content (AvgIpc) is 3.15. The molecule has 4 heteroatoms. The lowest BCUT2D eigenvalue weighted by molar-refractivity contribution is 0.00278. The number of hydrogen-bond donors (Lipinski definition) is 1. The third kappa shape index (κ3) is 2.24. The Bertz CT molecular complexity index is 553. The summed E-state index contributed by atoms with van der Waals surface area (Å²) < 4.78 is 0. The molecule has 114 valence electrons. The van der Waals surface area contributed by atoms with Crippen molar-refractivity contribution in [3.8, 4) is 0 Å². The second kappa shape index (κ2) is 4.67. The van der Waals surface area contributed by atoms with Crippen LogP contribution in [-0.4, -0.2) is 33.8 Å². The fourth-order valence-corrected chi connectivity index (χ4v) is 3.91. The molecule has 3 aliphatic rings. The standard InChI is InChI=1S/C17H25N3O/c1-11-9-20(10-17(11,21)14-6-7-14)16-18-12(2)8-15(19-16)13-4-3-5-13/h8,11,13-14,21H,3-7,9-10H2,1-2H3/t11-,17+/m1/s1. The minimum absolute atomic E-state index is 0.307. The molecule has 21 heavy (non-hydrogen) atoms. The predicted octanol–water partition coefficient (Wildman–Crippen LogP) is 2.65. The van der Waals surface area contributed by atoms with Crippen molar-refractivity contribution in [3.63, 3.8) is 0 Å². The summed E-state index contributed by atoms with van der Waals surface area (Å²) in [6.07, 6.45) is 6.20. The van der Waals surface area contributed by atoms with Crippen LogP contribution in [-0.2, 0) is 0 Å². The Kier molecular flexibility index (Phi) is 3.00. The number of anilines is 1. The highest BCUT2D eigenvalue weighted by molar-refractivity contribution is 5.37. The molecule has 0 spiro atoms. The molecule has 1 aliphatic heterocycles. The van der Waals surface area contributed by atoms with Gasteiger partial charge in [0.2, 0.25) is 5.95 Å². The molecule has 2 saturated carbocycles. The minimum Gasteiger partial charge on any atom is -0.387 e. The molecule has 4 rings (SSSR count). The summed E-state index contributed by atoms with van der Waals surface area (Å²) in [4.78, 5) is 11.7. The van der Waals surface area contributed by atoms with E-state index >= 15 is 0 Å². The number of hydrogen-bond acceptors (Lipinski definition) is 4. The SMILES string of the molecule is Cc1cc(C2CCC2)nc(N2C[C@@H](C)[C@](O)(C3CC3)C2)n1. The summed E-state index contributed by atoms with van der Waals surface area (Å²) >= 11 is 0. The van der Waals surface area contributed by atoms with E-state index in [9.17, 15) is 5.11 Å². The molecule has 4 nitrogen and oxygen atoms in total. The highest BCUT2D eigenvalue weighted by Gasteiger charge is 2.53. The lowest BCUT2D eigenvalue weighted by Crippen LogP contribution is -2.39. The molecule has 0 radical (unpaired) electrons. The molecule has 0 amide bonds. The van der Waals surface area contributed by atoms with Crippen LogP contribution in [0.5, 0.6) is 0 Å². The molecule has 2 heterocycles. The topological polar surface area (TPSA) is 49.2 Å². The molecule has 3 fully saturated rings. The maximum atomic E-state index is 10.9. The Morgan fingerprint density at radius 2 is 2.00 bits per heavy atom. The molecule has 1 aromatic rings. The van der Waals surface area contributed by atoms with Gasteiger partial charge in [0.15, 0.2) is 0 Å². The van der Waals surface area contributed by atoms with Crippen molar-refractivity contribution in [1.29, 1.82) is 0 Å². The van der Waals surface area contributed by atoms with Crippen LogP contribution >= 0.6 is 0 Å². The third-order valence-corrected chi connectivity index (χ3v) is 5.74. The quantitative estimate of drug-likeness (QED) is 0.928. The van der Waals surface area contributed by atoms with Crippen LogP contribution in [0.4, 0.5) is 5.95 Å². The first-order valence-electron chi connectivity index (χ1n) is 8.39. The second-order valence-corrected chi connectivity index (χ2v) is 7.41. The number of β-amino-alcohol motifs (C(OH)–C–C–N with tert-alkyl or cyclic N) is 1. The van der Waals surface area contributed by atoms with Gasteiger partial charge < -0.3 is 10.0 Å². The van der Waals surface area contributed by atoms with E-state index in [1.807, 2.05) is 0 Å². The third-order valence-electron chi connectivity index (χ3n) is 5.74. The molecular weight excluding hydrogens is 262 g/mol. The van der Waals surface area contributed by atoms with E-state index < -0.39 is 5.60 Å². The first-order chi connectivity index (χ1) is 10.1. The number of rotatable bonds is 3. The Morgan fingerprint density at radius 3 is 2.62 bits per heavy atom. The summed E-state index contributed by atoms with van der Waals surface area (Å²) in [5.74, 6) is 2.27. The van der Waals surface area contributed by atoms with Gasteiger partial charge in [0, 0.05) is 29.8 Å². The monoisotopic (exact) mass is 287 g/mol. The van der Waals surface area contributed by atoms with Gasteiger partial charge in [-0.1, -0.05) is 13.3 Å². The van der Waals surface area contributed by atoms with Gasteiger partial charge >= 0.3 is 0 Å². The molecule has 0 unspecified atom stereocenters. The van der Waals surface area contributed by atoms with Gasteiger partial charge in [0.25, 0.3) is 0 Å². The van der Waals surface area contributed by atoms with E-state index in [2.05, 4.69) is 29.8 Å². The van der Waals surface area contributed by atoms with Gasteiger partial charge in [-0.3, -0.25) is 0 Å². The lowest BCUT2D eigenvalue weighted by atomic mass is 9.83. The first kappa shape index (κ1) is 13.5. The summed E-state index contributed by atoms with van der Waals surface area (Å²) in [5.41, 5.74) is 1.73. The van der Waals surface area contributed by atoms with Gasteiger partial charge in [-0.15, -0.1) is 0 Å². The normalized spacial score (nSPS) is 33.3. The molecule has 1 N–H and O–H groups in total. The summed E-state index contributed by atoms with van der Waals surface area (Å²) in [6.45, 7) is 5.80. The van der Waals surface area contributed by atoms with E-state index in [0.717, 1.165) is 18.2 Å². The molecule has 0 bridgehead atoms. The van der Waals surface area contributed by atoms with Crippen LogP contribution in [0.2, 0.25) is 0 Å². The van der Waals surface area contributed by atoms with Crippen LogP contribution in [0, 0.1) is 18.8 Å². The van der Waals surface area contributed by atoms with E-state index in [-0.39, 0.29) is 0 Å². The van der Waals surface area contributed by atoms with E-state index in [1.165, 1.54) is 37.8 Å². The van der Waals surface area contributed by atoms with Gasteiger partial charge in [-0.25, -0.2) is 9.97 Å². The second-order valence-electron chi connectivity index (χ2n) is 7.41. The van der Waals surface area contributed by atoms with E-state index in [0.29, 0.717) is 24.3 Å². The van der Waals surface area contributed by atoms with Crippen molar-refractivity contribution in [1.82, 2.24) is 9.97 Å². The van der Waals surface area contributed by atoms with Crippen molar-refractivity contribution in [3.05, 3.63) is 17.5 Å². The van der Waals surface area contributed by atoms with Crippen molar-refractivity contribution < 1.29 is 5.11 Å². The van der Waals surface area contributed by atoms with Crippen LogP contribution in [0.15, 0.2) is 6.07 Å². The van der Waals surface area contributed by atoms with Crippen molar-refractivity contribution in [2.24, 2.45) is 11.8 Å². The molecule has 2 aliphatic carbocycles. The van der Waals surface area contributed by atoms with Crippen molar-refractivity contribution in [2.45, 2.75) is 57.5 Å². The Hall–Kier alpha value is -1.16. The zero-order valence-electron chi connectivity index (χ0n) is 13.0. The van der Waals surface area contributed by atoms with Gasteiger partial charge in [0.1, 0.15) is 0 Å². The van der Waals surface area contributed by atoms with Crippen LogP contribution in [0.3, 0.4) is 0 Å². The fourth-order valence-electron chi connectivity index (χ4n) is 3.91. The first-order valence-corrected chi connectivity index (χ1v) is 8.39. The number of nitrogens with zero attached hydrogens (tertiary/aromatic N) is 3.